The molecule has 2 rings (SSSR count). The molecule has 0 radical (unpaired) electrons. The number of benzene rings is 1. The fourth-order valence-corrected chi connectivity index (χ4v) is 1.91. The Hall–Kier alpha value is -1.59. The topological polar surface area (TPSA) is 68.4 Å². The summed E-state index contributed by atoms with van der Waals surface area (Å²) in [7, 11) is 0. The largest absolute Gasteiger partial charge is 0.437 e. The lowest BCUT2D eigenvalue weighted by atomic mass is 10.1. The molecule has 1 aromatic carbocycles. The maximum atomic E-state index is 9.00. The number of aliphatic hydroxyl groups excluding tert-OH is 1. The van der Waals surface area contributed by atoms with Crippen molar-refractivity contribution in [2.24, 2.45) is 0 Å². The van der Waals surface area contributed by atoms with Crippen molar-refractivity contribution in [1.29, 1.82) is 0 Å². The van der Waals surface area contributed by atoms with E-state index in [1.807, 2.05) is 24.3 Å². The highest BCUT2D eigenvalue weighted by atomic mass is 79.9. The minimum atomic E-state index is 0.0730. The van der Waals surface area contributed by atoms with Crippen molar-refractivity contribution in [3.63, 3.8) is 0 Å². The highest BCUT2D eigenvalue weighted by molar-refractivity contribution is 9.10. The number of para-hydroxylation sites is 1. The SMILES string of the molecule is Nc1cc(Br)cnc1Oc1ccccc1CCO. The van der Waals surface area contributed by atoms with E-state index in [0.29, 0.717) is 23.7 Å². The molecular formula is C13H13BrN2O2. The van der Waals surface area contributed by atoms with Crippen molar-refractivity contribution in [3.8, 4) is 11.6 Å². The molecule has 0 bridgehead atoms. The lowest BCUT2D eigenvalue weighted by Crippen LogP contribution is -1.98. The van der Waals surface area contributed by atoms with E-state index < -0.39 is 0 Å². The predicted octanol–water partition coefficient (Wildman–Crippen LogP) is 2.75. The lowest BCUT2D eigenvalue weighted by molar-refractivity contribution is 0.297. The molecule has 0 atom stereocenters. The zero-order valence-corrected chi connectivity index (χ0v) is 11.2. The molecule has 0 unspecified atom stereocenters. The summed E-state index contributed by atoms with van der Waals surface area (Å²) in [5.41, 5.74) is 7.21. The number of hydrogen-bond donors (Lipinski definition) is 2. The van der Waals surface area contributed by atoms with Crippen LogP contribution >= 0.6 is 15.9 Å². The third-order valence-corrected chi connectivity index (χ3v) is 2.84. The van der Waals surface area contributed by atoms with Crippen molar-refractivity contribution in [2.75, 3.05) is 12.3 Å². The molecule has 1 heterocycles. The zero-order chi connectivity index (χ0) is 13.0. The Bertz CT molecular complexity index is 546. The Morgan fingerprint density at radius 3 is 2.83 bits per heavy atom. The van der Waals surface area contributed by atoms with Crippen LogP contribution in [0.4, 0.5) is 5.69 Å². The van der Waals surface area contributed by atoms with Crippen LogP contribution in [-0.2, 0) is 6.42 Å². The van der Waals surface area contributed by atoms with E-state index in [2.05, 4.69) is 20.9 Å². The number of rotatable bonds is 4. The van der Waals surface area contributed by atoms with E-state index in [-0.39, 0.29) is 6.61 Å². The summed E-state index contributed by atoms with van der Waals surface area (Å²) in [6, 6.07) is 9.23. The molecule has 5 heteroatoms. The molecule has 1 aromatic heterocycles. The number of aliphatic hydroxyl groups is 1. The number of hydrogen-bond acceptors (Lipinski definition) is 4. The number of ether oxygens (including phenoxy) is 1. The van der Waals surface area contributed by atoms with Crippen LogP contribution in [0.2, 0.25) is 0 Å². The number of anilines is 1. The summed E-state index contributed by atoms with van der Waals surface area (Å²) in [5, 5.41) is 9.00. The summed E-state index contributed by atoms with van der Waals surface area (Å²) < 4.78 is 6.48. The summed E-state index contributed by atoms with van der Waals surface area (Å²) in [6.45, 7) is 0.0730. The van der Waals surface area contributed by atoms with Crippen LogP contribution < -0.4 is 10.5 Å². The van der Waals surface area contributed by atoms with Crippen LogP contribution in [0, 0.1) is 0 Å². The second kappa shape index (κ2) is 5.84. The lowest BCUT2D eigenvalue weighted by Gasteiger charge is -2.11. The molecule has 18 heavy (non-hydrogen) atoms. The first kappa shape index (κ1) is 12.9. The van der Waals surface area contributed by atoms with E-state index in [1.54, 1.807) is 12.3 Å². The van der Waals surface area contributed by atoms with Crippen molar-refractivity contribution in [3.05, 3.63) is 46.6 Å². The molecule has 0 aliphatic heterocycles. The molecule has 0 fully saturated rings. The average molecular weight is 309 g/mol. The second-order valence-corrected chi connectivity index (χ2v) is 4.65. The molecule has 4 nitrogen and oxygen atoms in total. The molecule has 0 aliphatic carbocycles. The van der Waals surface area contributed by atoms with Gasteiger partial charge in [0.15, 0.2) is 0 Å². The summed E-state index contributed by atoms with van der Waals surface area (Å²) in [5.74, 6) is 1.02. The predicted molar refractivity (Wildman–Crippen MR) is 73.7 cm³/mol. The number of halogens is 1. The van der Waals surface area contributed by atoms with Gasteiger partial charge in [-0.05, 0) is 40.0 Å². The van der Waals surface area contributed by atoms with Crippen LogP contribution in [0.15, 0.2) is 41.0 Å². The van der Waals surface area contributed by atoms with Crippen molar-refractivity contribution < 1.29 is 9.84 Å². The van der Waals surface area contributed by atoms with Crippen LogP contribution in [0.1, 0.15) is 5.56 Å². The third kappa shape index (κ3) is 3.00. The smallest absolute Gasteiger partial charge is 0.242 e. The van der Waals surface area contributed by atoms with Gasteiger partial charge >= 0.3 is 0 Å². The van der Waals surface area contributed by atoms with Gasteiger partial charge < -0.3 is 15.6 Å². The van der Waals surface area contributed by atoms with Gasteiger partial charge in [0.05, 0.1) is 5.69 Å². The number of nitrogens with zero attached hydrogens (tertiary/aromatic N) is 1. The molecule has 0 amide bonds. The first-order valence-corrected chi connectivity index (χ1v) is 6.27. The van der Waals surface area contributed by atoms with Crippen molar-refractivity contribution in [2.45, 2.75) is 6.42 Å². The van der Waals surface area contributed by atoms with E-state index in [1.165, 1.54) is 0 Å². The number of nitrogen functional groups attached to an aromatic ring is 1. The molecular weight excluding hydrogens is 296 g/mol. The minimum Gasteiger partial charge on any atom is -0.437 e. The van der Waals surface area contributed by atoms with Crippen LogP contribution in [0.5, 0.6) is 11.6 Å². The maximum Gasteiger partial charge on any atom is 0.242 e. The number of pyridine rings is 1. The Balaban J connectivity index is 2.28. The minimum absolute atomic E-state index is 0.0730. The molecule has 94 valence electrons. The highest BCUT2D eigenvalue weighted by Gasteiger charge is 2.08. The molecule has 2 aromatic rings. The standard InChI is InChI=1S/C13H13BrN2O2/c14-10-7-11(15)13(16-8-10)18-12-4-2-1-3-9(12)5-6-17/h1-4,7-8,17H,5-6,15H2. The van der Waals surface area contributed by atoms with Gasteiger partial charge in [-0.25, -0.2) is 4.98 Å². The van der Waals surface area contributed by atoms with Crippen LogP contribution in [-0.4, -0.2) is 16.7 Å². The van der Waals surface area contributed by atoms with Gasteiger partial charge in [0.25, 0.3) is 0 Å². The average Bonchev–Trinajstić information content (AvgIpc) is 2.35. The van der Waals surface area contributed by atoms with Gasteiger partial charge in [0.1, 0.15) is 5.75 Å². The fourth-order valence-electron chi connectivity index (χ4n) is 1.56. The monoisotopic (exact) mass is 308 g/mol. The Labute approximate surface area is 114 Å². The Kier molecular flexibility index (Phi) is 4.17. The first-order chi connectivity index (χ1) is 8.70. The number of aromatic nitrogens is 1. The summed E-state index contributed by atoms with van der Waals surface area (Å²) in [6.07, 6.45) is 2.16. The third-order valence-electron chi connectivity index (χ3n) is 2.41. The van der Waals surface area contributed by atoms with Crippen molar-refractivity contribution >= 4 is 21.6 Å². The van der Waals surface area contributed by atoms with Crippen LogP contribution in [0.25, 0.3) is 0 Å². The molecule has 0 spiro atoms. The van der Waals surface area contributed by atoms with Gasteiger partial charge in [0.2, 0.25) is 5.88 Å². The van der Waals surface area contributed by atoms with Crippen LogP contribution in [0.3, 0.4) is 0 Å². The van der Waals surface area contributed by atoms with E-state index in [4.69, 9.17) is 15.6 Å². The first-order valence-electron chi connectivity index (χ1n) is 5.48. The Morgan fingerprint density at radius 1 is 1.33 bits per heavy atom. The van der Waals surface area contributed by atoms with E-state index >= 15 is 0 Å². The van der Waals surface area contributed by atoms with Gasteiger partial charge in [0, 0.05) is 17.3 Å². The quantitative estimate of drug-likeness (QED) is 0.911. The molecule has 0 saturated heterocycles. The maximum absolute atomic E-state index is 9.00. The molecule has 3 N–H and O–H groups in total. The fraction of sp³-hybridized carbons (Fsp3) is 0.154. The van der Waals surface area contributed by atoms with E-state index in [9.17, 15) is 0 Å². The summed E-state index contributed by atoms with van der Waals surface area (Å²) in [4.78, 5) is 4.12. The van der Waals surface area contributed by atoms with Gasteiger partial charge in [-0.15, -0.1) is 0 Å². The van der Waals surface area contributed by atoms with Crippen molar-refractivity contribution in [1.82, 2.24) is 4.98 Å². The molecule has 0 aliphatic rings. The van der Waals surface area contributed by atoms with Gasteiger partial charge in [-0.3, -0.25) is 0 Å². The number of nitrogens with two attached hydrogens (primary N) is 1. The zero-order valence-electron chi connectivity index (χ0n) is 9.64. The second-order valence-electron chi connectivity index (χ2n) is 3.73. The van der Waals surface area contributed by atoms with E-state index in [0.717, 1.165) is 10.0 Å². The molecule has 0 saturated carbocycles. The van der Waals surface area contributed by atoms with Gasteiger partial charge in [-0.2, -0.15) is 0 Å². The highest BCUT2D eigenvalue weighted by Crippen LogP contribution is 2.29. The normalized spacial score (nSPS) is 10.3. The Morgan fingerprint density at radius 2 is 2.11 bits per heavy atom. The summed E-state index contributed by atoms with van der Waals surface area (Å²) >= 11 is 3.29. The van der Waals surface area contributed by atoms with Gasteiger partial charge in [-0.1, -0.05) is 18.2 Å².